The zero-order chi connectivity index (χ0) is 22.2. The fraction of sp³-hybridized carbons (Fsp3) is 0.261. The van der Waals surface area contributed by atoms with Gasteiger partial charge in [0.2, 0.25) is 5.91 Å². The number of amides is 1. The molecule has 0 aliphatic carbocycles. The van der Waals surface area contributed by atoms with Crippen LogP contribution >= 0.6 is 0 Å². The Bertz CT molecular complexity index is 1090. The van der Waals surface area contributed by atoms with Gasteiger partial charge in [0.25, 0.3) is 0 Å². The number of aliphatic imine (C=N–C) groups is 1. The third-order valence-corrected chi connectivity index (χ3v) is 4.97. The van der Waals surface area contributed by atoms with Crippen LogP contribution in [0.5, 0.6) is 0 Å². The van der Waals surface area contributed by atoms with Crippen molar-refractivity contribution in [1.29, 1.82) is 0 Å². The lowest BCUT2D eigenvalue weighted by Gasteiger charge is -2.26. The van der Waals surface area contributed by atoms with E-state index in [0.717, 1.165) is 22.3 Å². The lowest BCUT2D eigenvalue weighted by atomic mass is 10.1. The molecule has 164 valence electrons. The number of ether oxygens (including phenoxy) is 1. The van der Waals surface area contributed by atoms with Crippen molar-refractivity contribution in [2.24, 2.45) is 4.99 Å². The quantitative estimate of drug-likeness (QED) is 0.571. The van der Waals surface area contributed by atoms with Crippen LogP contribution in [0.25, 0.3) is 28.3 Å². The standard InChI is InChI=1S/C23H24N6O3/c1-24-10-19(11-25-15-22(30)29-5-7-31-8-6-29)20-12-27-23(28-13-20)18-4-2-3-17(9-18)21-14-26-16-32-21/h2-4,9-14,16,25H,5-8,15H2,1H3/b19-11+,24-10-. The Morgan fingerprint density at radius 3 is 2.69 bits per heavy atom. The maximum Gasteiger partial charge on any atom is 0.242 e. The zero-order valence-electron chi connectivity index (χ0n) is 17.8. The topological polar surface area (TPSA) is 106 Å². The molecule has 4 rings (SSSR count). The molecule has 0 radical (unpaired) electrons. The zero-order valence-corrected chi connectivity index (χ0v) is 17.8. The summed E-state index contributed by atoms with van der Waals surface area (Å²) in [5.41, 5.74) is 3.34. The van der Waals surface area contributed by atoms with E-state index < -0.39 is 0 Å². The van der Waals surface area contributed by atoms with Gasteiger partial charge in [-0.25, -0.2) is 15.0 Å². The molecular formula is C23H24N6O3. The van der Waals surface area contributed by atoms with Gasteiger partial charge in [-0.15, -0.1) is 0 Å². The molecule has 3 heterocycles. The van der Waals surface area contributed by atoms with Crippen molar-refractivity contribution in [3.05, 3.63) is 61.0 Å². The van der Waals surface area contributed by atoms with Gasteiger partial charge in [-0.05, 0) is 6.07 Å². The van der Waals surface area contributed by atoms with Crippen LogP contribution in [-0.2, 0) is 9.53 Å². The molecule has 0 saturated carbocycles. The summed E-state index contributed by atoms with van der Waals surface area (Å²) >= 11 is 0. The number of hydrogen-bond acceptors (Lipinski definition) is 8. The summed E-state index contributed by atoms with van der Waals surface area (Å²) in [6.07, 6.45) is 10.0. The summed E-state index contributed by atoms with van der Waals surface area (Å²) in [6.45, 7) is 2.62. The summed E-state index contributed by atoms with van der Waals surface area (Å²) in [7, 11) is 1.69. The first kappa shape index (κ1) is 21.4. The first-order valence-corrected chi connectivity index (χ1v) is 10.3. The van der Waals surface area contributed by atoms with E-state index in [1.807, 2.05) is 24.3 Å². The largest absolute Gasteiger partial charge is 0.444 e. The van der Waals surface area contributed by atoms with Gasteiger partial charge in [-0.3, -0.25) is 9.79 Å². The minimum atomic E-state index is 0.0376. The van der Waals surface area contributed by atoms with Crippen LogP contribution in [0.15, 0.2) is 64.9 Å². The normalized spacial score (nSPS) is 14.7. The van der Waals surface area contributed by atoms with Gasteiger partial charge in [-0.2, -0.15) is 0 Å². The van der Waals surface area contributed by atoms with Crippen molar-refractivity contribution in [3.63, 3.8) is 0 Å². The molecule has 9 heteroatoms. The molecule has 1 N–H and O–H groups in total. The molecule has 1 aromatic carbocycles. The average molecular weight is 432 g/mol. The van der Waals surface area contributed by atoms with Gasteiger partial charge in [-0.1, -0.05) is 18.2 Å². The SMILES string of the molecule is C/N=C\C(=C/NCC(=O)N1CCOCC1)c1cnc(-c2cccc(-c3cnco3)c2)nc1. The molecule has 32 heavy (non-hydrogen) atoms. The van der Waals surface area contributed by atoms with Gasteiger partial charge in [0.05, 0.1) is 26.0 Å². The number of nitrogens with zero attached hydrogens (tertiary/aromatic N) is 5. The number of oxazole rings is 1. The molecule has 1 aliphatic heterocycles. The Kier molecular flexibility index (Phi) is 6.98. The molecule has 0 atom stereocenters. The van der Waals surface area contributed by atoms with Crippen molar-refractivity contribution in [3.8, 4) is 22.7 Å². The summed E-state index contributed by atoms with van der Waals surface area (Å²) < 4.78 is 10.7. The summed E-state index contributed by atoms with van der Waals surface area (Å²) in [5, 5.41) is 3.08. The summed E-state index contributed by atoms with van der Waals surface area (Å²) in [5.74, 6) is 1.32. The number of allylic oxidation sites excluding steroid dienone is 1. The number of carbonyl (C=O) groups is 1. The van der Waals surface area contributed by atoms with Crippen molar-refractivity contribution in [2.45, 2.75) is 0 Å². The Morgan fingerprint density at radius 2 is 1.97 bits per heavy atom. The van der Waals surface area contributed by atoms with Crippen LogP contribution in [0.4, 0.5) is 0 Å². The lowest BCUT2D eigenvalue weighted by Crippen LogP contribution is -2.44. The molecule has 0 unspecified atom stereocenters. The Labute approximate surface area is 185 Å². The van der Waals surface area contributed by atoms with Gasteiger partial charge in [0.1, 0.15) is 0 Å². The predicted octanol–water partition coefficient (Wildman–Crippen LogP) is 2.29. The molecule has 1 fully saturated rings. The van der Waals surface area contributed by atoms with Gasteiger partial charge >= 0.3 is 0 Å². The number of hydrogen-bond donors (Lipinski definition) is 1. The molecule has 9 nitrogen and oxygen atoms in total. The van der Waals surface area contributed by atoms with E-state index in [1.165, 1.54) is 6.39 Å². The summed E-state index contributed by atoms with van der Waals surface area (Å²) in [4.78, 5) is 31.2. The van der Waals surface area contributed by atoms with Crippen LogP contribution in [-0.4, -0.2) is 71.9 Å². The van der Waals surface area contributed by atoms with Crippen LogP contribution in [0.2, 0.25) is 0 Å². The van der Waals surface area contributed by atoms with Crippen molar-refractivity contribution in [1.82, 2.24) is 25.2 Å². The predicted molar refractivity (Wildman–Crippen MR) is 121 cm³/mol. The van der Waals surface area contributed by atoms with Crippen LogP contribution in [0.1, 0.15) is 5.56 Å². The van der Waals surface area contributed by atoms with E-state index in [0.29, 0.717) is 37.9 Å². The highest BCUT2D eigenvalue weighted by molar-refractivity contribution is 6.09. The second kappa shape index (κ2) is 10.5. The number of benzene rings is 1. The molecule has 0 spiro atoms. The van der Waals surface area contributed by atoms with Crippen LogP contribution in [0.3, 0.4) is 0 Å². The van der Waals surface area contributed by atoms with E-state index in [1.54, 1.807) is 43.0 Å². The minimum Gasteiger partial charge on any atom is -0.444 e. The molecular weight excluding hydrogens is 408 g/mol. The van der Waals surface area contributed by atoms with Crippen molar-refractivity contribution < 1.29 is 13.9 Å². The molecule has 1 aliphatic rings. The maximum absolute atomic E-state index is 12.3. The Balaban J connectivity index is 1.45. The number of aromatic nitrogens is 3. The molecule has 1 amide bonds. The van der Waals surface area contributed by atoms with Gasteiger partial charge in [0.15, 0.2) is 18.0 Å². The highest BCUT2D eigenvalue weighted by Gasteiger charge is 2.15. The van der Waals surface area contributed by atoms with Gasteiger partial charge in [0, 0.05) is 67.2 Å². The number of morpholine rings is 1. The third kappa shape index (κ3) is 5.25. The molecule has 1 saturated heterocycles. The highest BCUT2D eigenvalue weighted by atomic mass is 16.5. The fourth-order valence-electron chi connectivity index (χ4n) is 3.30. The molecule has 0 bridgehead atoms. The average Bonchev–Trinajstić information content (AvgIpc) is 3.39. The lowest BCUT2D eigenvalue weighted by molar-refractivity contribution is -0.134. The van der Waals surface area contributed by atoms with Crippen molar-refractivity contribution in [2.75, 3.05) is 39.9 Å². The van der Waals surface area contributed by atoms with E-state index in [2.05, 4.69) is 25.3 Å². The molecule has 2 aromatic heterocycles. The first-order chi connectivity index (χ1) is 15.7. The van der Waals surface area contributed by atoms with E-state index in [-0.39, 0.29) is 12.5 Å². The van der Waals surface area contributed by atoms with Crippen molar-refractivity contribution >= 4 is 17.7 Å². The number of nitrogens with one attached hydrogen (secondary N) is 1. The third-order valence-electron chi connectivity index (χ3n) is 4.97. The summed E-state index contributed by atoms with van der Waals surface area (Å²) in [6, 6.07) is 7.77. The van der Waals surface area contributed by atoms with E-state index in [4.69, 9.17) is 9.15 Å². The number of carbonyl (C=O) groups excluding carboxylic acids is 1. The smallest absolute Gasteiger partial charge is 0.242 e. The second-order valence-electron chi connectivity index (χ2n) is 7.10. The maximum atomic E-state index is 12.3. The first-order valence-electron chi connectivity index (χ1n) is 10.3. The fourth-order valence-corrected chi connectivity index (χ4v) is 3.30. The number of rotatable bonds is 7. The Morgan fingerprint density at radius 1 is 1.19 bits per heavy atom. The highest BCUT2D eigenvalue weighted by Crippen LogP contribution is 2.24. The van der Waals surface area contributed by atoms with Crippen LogP contribution < -0.4 is 5.32 Å². The second-order valence-corrected chi connectivity index (χ2v) is 7.10. The van der Waals surface area contributed by atoms with E-state index in [9.17, 15) is 4.79 Å². The monoisotopic (exact) mass is 432 g/mol. The van der Waals surface area contributed by atoms with Crippen LogP contribution in [0, 0.1) is 0 Å². The van der Waals surface area contributed by atoms with E-state index >= 15 is 0 Å². The Hall–Kier alpha value is -3.85. The minimum absolute atomic E-state index is 0.0376. The van der Waals surface area contributed by atoms with Gasteiger partial charge < -0.3 is 19.4 Å². The molecule has 3 aromatic rings.